The molecule has 2 amide bonds. The predicted molar refractivity (Wildman–Crippen MR) is 105 cm³/mol. The van der Waals surface area contributed by atoms with E-state index in [2.05, 4.69) is 41.5 Å². The van der Waals surface area contributed by atoms with Gasteiger partial charge in [0.05, 0.1) is 13.2 Å². The molecule has 0 radical (unpaired) electrons. The number of carbonyl (C=O) groups excluding carboxylic acids is 1. The molecule has 0 fully saturated rings. The second-order valence-electron chi connectivity index (χ2n) is 6.06. The molecule has 2 N–H and O–H groups in total. The van der Waals surface area contributed by atoms with E-state index in [1.165, 1.54) is 5.56 Å². The fourth-order valence-corrected chi connectivity index (χ4v) is 2.97. The number of hydrogen-bond donors (Lipinski definition) is 2. The van der Waals surface area contributed by atoms with Gasteiger partial charge in [-0.25, -0.2) is 4.79 Å². The van der Waals surface area contributed by atoms with Gasteiger partial charge in [0, 0.05) is 13.1 Å². The predicted octanol–water partition coefficient (Wildman–Crippen LogP) is 3.58. The Balaban J connectivity index is 1.89. The van der Waals surface area contributed by atoms with Gasteiger partial charge in [0.1, 0.15) is 5.75 Å². The molecule has 0 aliphatic heterocycles. The first kappa shape index (κ1) is 19.8. The zero-order valence-corrected chi connectivity index (χ0v) is 15.9. The Bertz CT molecular complexity index is 655. The van der Waals surface area contributed by atoms with Crippen LogP contribution in [0, 0.1) is 0 Å². The first-order valence-corrected chi connectivity index (χ1v) is 9.11. The second kappa shape index (κ2) is 10.5. The summed E-state index contributed by atoms with van der Waals surface area (Å²) in [6, 6.07) is 18.0. The highest BCUT2D eigenvalue weighted by molar-refractivity contribution is 5.73. The van der Waals surface area contributed by atoms with Crippen molar-refractivity contribution in [2.75, 3.05) is 26.7 Å². The third-order valence-electron chi connectivity index (χ3n) is 4.51. The average Bonchev–Trinajstić information content (AvgIpc) is 2.70. The van der Waals surface area contributed by atoms with Crippen molar-refractivity contribution in [1.82, 2.24) is 15.5 Å². The monoisotopic (exact) mass is 355 g/mol. The number of rotatable bonds is 9. The highest BCUT2D eigenvalue weighted by atomic mass is 16.5. The van der Waals surface area contributed by atoms with E-state index in [-0.39, 0.29) is 12.1 Å². The SMILES string of the molecule is CCN(CC)[C@@H](CNC(=O)NCc1ccc(OC)cc1)c1ccccc1. The molecule has 0 saturated heterocycles. The Kier molecular flexibility index (Phi) is 7.96. The molecule has 5 nitrogen and oxygen atoms in total. The summed E-state index contributed by atoms with van der Waals surface area (Å²) in [7, 11) is 1.64. The molecule has 0 saturated carbocycles. The lowest BCUT2D eigenvalue weighted by molar-refractivity contribution is 0.206. The van der Waals surface area contributed by atoms with Crippen LogP contribution in [-0.2, 0) is 6.54 Å². The van der Waals surface area contributed by atoms with Crippen molar-refractivity contribution in [2.45, 2.75) is 26.4 Å². The molecular formula is C21H29N3O2. The van der Waals surface area contributed by atoms with E-state index >= 15 is 0 Å². The summed E-state index contributed by atoms with van der Waals surface area (Å²) in [5, 5.41) is 5.92. The number of nitrogens with zero attached hydrogens (tertiary/aromatic N) is 1. The van der Waals surface area contributed by atoms with Crippen LogP contribution in [0.1, 0.15) is 31.0 Å². The van der Waals surface area contributed by atoms with Crippen molar-refractivity contribution in [1.29, 1.82) is 0 Å². The number of amides is 2. The average molecular weight is 355 g/mol. The maximum Gasteiger partial charge on any atom is 0.315 e. The minimum atomic E-state index is -0.158. The Hall–Kier alpha value is -2.53. The highest BCUT2D eigenvalue weighted by Gasteiger charge is 2.18. The zero-order chi connectivity index (χ0) is 18.8. The molecule has 140 valence electrons. The lowest BCUT2D eigenvalue weighted by Crippen LogP contribution is -2.42. The number of likely N-dealkylation sites (N-methyl/N-ethyl adjacent to an activating group) is 1. The summed E-state index contributed by atoms with van der Waals surface area (Å²) in [6.45, 7) is 7.21. The first-order chi connectivity index (χ1) is 12.7. The molecule has 2 aromatic rings. The van der Waals surface area contributed by atoms with Gasteiger partial charge in [0.15, 0.2) is 0 Å². The fourth-order valence-electron chi connectivity index (χ4n) is 2.97. The van der Waals surface area contributed by atoms with E-state index in [9.17, 15) is 4.79 Å². The van der Waals surface area contributed by atoms with Crippen LogP contribution in [-0.4, -0.2) is 37.7 Å². The van der Waals surface area contributed by atoms with Crippen molar-refractivity contribution < 1.29 is 9.53 Å². The maximum atomic E-state index is 12.2. The summed E-state index contributed by atoms with van der Waals surface area (Å²) >= 11 is 0. The molecular weight excluding hydrogens is 326 g/mol. The quantitative estimate of drug-likeness (QED) is 0.723. The Morgan fingerprint density at radius 3 is 2.23 bits per heavy atom. The Labute approximate surface area is 156 Å². The van der Waals surface area contributed by atoms with Gasteiger partial charge in [-0.05, 0) is 36.3 Å². The van der Waals surface area contributed by atoms with Crippen LogP contribution in [0.4, 0.5) is 4.79 Å². The largest absolute Gasteiger partial charge is 0.497 e. The topological polar surface area (TPSA) is 53.6 Å². The molecule has 0 aliphatic rings. The lowest BCUT2D eigenvalue weighted by Gasteiger charge is -2.30. The number of urea groups is 1. The van der Waals surface area contributed by atoms with Crippen LogP contribution in [0.15, 0.2) is 54.6 Å². The van der Waals surface area contributed by atoms with E-state index < -0.39 is 0 Å². The van der Waals surface area contributed by atoms with Gasteiger partial charge in [-0.2, -0.15) is 0 Å². The number of hydrogen-bond acceptors (Lipinski definition) is 3. The molecule has 2 aromatic carbocycles. The van der Waals surface area contributed by atoms with E-state index in [1.54, 1.807) is 7.11 Å². The van der Waals surface area contributed by atoms with Crippen molar-refractivity contribution in [3.05, 3.63) is 65.7 Å². The first-order valence-electron chi connectivity index (χ1n) is 9.11. The van der Waals surface area contributed by atoms with Crippen molar-refractivity contribution in [3.63, 3.8) is 0 Å². The van der Waals surface area contributed by atoms with Crippen LogP contribution in [0.25, 0.3) is 0 Å². The molecule has 1 atom stereocenters. The van der Waals surface area contributed by atoms with Crippen molar-refractivity contribution >= 4 is 6.03 Å². The summed E-state index contributed by atoms with van der Waals surface area (Å²) in [5.41, 5.74) is 2.25. The molecule has 0 unspecified atom stereocenters. The van der Waals surface area contributed by atoms with Gasteiger partial charge in [0.2, 0.25) is 0 Å². The van der Waals surface area contributed by atoms with Gasteiger partial charge in [0.25, 0.3) is 0 Å². The molecule has 0 aromatic heterocycles. The minimum absolute atomic E-state index is 0.158. The highest BCUT2D eigenvalue weighted by Crippen LogP contribution is 2.19. The fraction of sp³-hybridized carbons (Fsp3) is 0.381. The van der Waals surface area contributed by atoms with Crippen LogP contribution in [0.2, 0.25) is 0 Å². The Morgan fingerprint density at radius 2 is 1.65 bits per heavy atom. The molecule has 26 heavy (non-hydrogen) atoms. The van der Waals surface area contributed by atoms with Crippen LogP contribution >= 0.6 is 0 Å². The van der Waals surface area contributed by atoms with E-state index in [4.69, 9.17) is 4.74 Å². The molecule has 0 bridgehead atoms. The van der Waals surface area contributed by atoms with Gasteiger partial charge >= 0.3 is 6.03 Å². The van der Waals surface area contributed by atoms with Gasteiger partial charge in [-0.3, -0.25) is 4.90 Å². The number of benzene rings is 2. The summed E-state index contributed by atoms with van der Waals surface area (Å²) in [5.74, 6) is 0.808. The number of nitrogens with one attached hydrogen (secondary N) is 2. The smallest absolute Gasteiger partial charge is 0.315 e. The third-order valence-corrected chi connectivity index (χ3v) is 4.51. The van der Waals surface area contributed by atoms with Gasteiger partial charge in [-0.1, -0.05) is 56.3 Å². The number of methoxy groups -OCH3 is 1. The summed E-state index contributed by atoms with van der Waals surface area (Å²) in [6.07, 6.45) is 0. The second-order valence-corrected chi connectivity index (χ2v) is 6.06. The van der Waals surface area contributed by atoms with E-state index in [0.29, 0.717) is 13.1 Å². The molecule has 5 heteroatoms. The number of carbonyl (C=O) groups is 1. The van der Waals surface area contributed by atoms with Crippen LogP contribution in [0.5, 0.6) is 5.75 Å². The summed E-state index contributed by atoms with van der Waals surface area (Å²) < 4.78 is 5.14. The lowest BCUT2D eigenvalue weighted by atomic mass is 10.1. The molecule has 2 rings (SSSR count). The van der Waals surface area contributed by atoms with Crippen LogP contribution < -0.4 is 15.4 Å². The van der Waals surface area contributed by atoms with E-state index in [0.717, 1.165) is 24.4 Å². The molecule has 0 aliphatic carbocycles. The molecule has 0 spiro atoms. The summed E-state index contributed by atoms with van der Waals surface area (Å²) in [4.78, 5) is 14.6. The normalized spacial score (nSPS) is 11.8. The van der Waals surface area contributed by atoms with E-state index in [1.807, 2.05) is 42.5 Å². The zero-order valence-electron chi connectivity index (χ0n) is 15.9. The molecule has 0 heterocycles. The van der Waals surface area contributed by atoms with Crippen molar-refractivity contribution in [3.8, 4) is 5.75 Å². The maximum absolute atomic E-state index is 12.2. The minimum Gasteiger partial charge on any atom is -0.497 e. The number of ether oxygens (including phenoxy) is 1. The van der Waals surface area contributed by atoms with Crippen molar-refractivity contribution in [2.24, 2.45) is 0 Å². The van der Waals surface area contributed by atoms with Crippen LogP contribution in [0.3, 0.4) is 0 Å². The van der Waals surface area contributed by atoms with Gasteiger partial charge in [-0.15, -0.1) is 0 Å². The third kappa shape index (κ3) is 5.77. The Morgan fingerprint density at radius 1 is 1.00 bits per heavy atom. The van der Waals surface area contributed by atoms with Gasteiger partial charge < -0.3 is 15.4 Å². The standard InChI is InChI=1S/C21H29N3O2/c1-4-24(5-2)20(18-9-7-6-8-10-18)16-23-21(25)22-15-17-11-13-19(26-3)14-12-17/h6-14,20H,4-5,15-16H2,1-3H3,(H2,22,23,25)/t20-/m0/s1.